The first-order chi connectivity index (χ1) is 11.2. The molecule has 0 aliphatic rings. The van der Waals surface area contributed by atoms with E-state index in [0.29, 0.717) is 22.9 Å². The Kier molecular flexibility index (Phi) is 3.89. The van der Waals surface area contributed by atoms with Crippen molar-refractivity contribution >= 4 is 17.2 Å². The highest BCUT2D eigenvalue weighted by molar-refractivity contribution is 5.75. The van der Waals surface area contributed by atoms with Crippen LogP contribution in [0.25, 0.3) is 16.1 Å². The molecule has 0 atom stereocenters. The SMILES string of the molecule is [C-]#[N+]c1cccc(Nc2ncnc(-c3ccc(C)cc3)c2O)c1. The van der Waals surface area contributed by atoms with E-state index in [4.69, 9.17) is 6.57 Å². The van der Waals surface area contributed by atoms with Gasteiger partial charge in [-0.25, -0.2) is 14.8 Å². The molecule has 5 nitrogen and oxygen atoms in total. The van der Waals surface area contributed by atoms with E-state index in [2.05, 4.69) is 20.1 Å². The van der Waals surface area contributed by atoms with E-state index in [9.17, 15) is 5.11 Å². The van der Waals surface area contributed by atoms with Gasteiger partial charge in [-0.2, -0.15) is 0 Å². The highest BCUT2D eigenvalue weighted by atomic mass is 16.3. The molecule has 0 fully saturated rings. The van der Waals surface area contributed by atoms with E-state index in [-0.39, 0.29) is 5.75 Å². The quantitative estimate of drug-likeness (QED) is 0.702. The summed E-state index contributed by atoms with van der Waals surface area (Å²) < 4.78 is 0. The fraction of sp³-hybridized carbons (Fsp3) is 0.0556. The predicted molar refractivity (Wildman–Crippen MR) is 89.9 cm³/mol. The molecule has 5 heteroatoms. The van der Waals surface area contributed by atoms with Crippen molar-refractivity contribution in [3.05, 3.63) is 71.8 Å². The van der Waals surface area contributed by atoms with E-state index in [1.54, 1.807) is 18.2 Å². The van der Waals surface area contributed by atoms with Gasteiger partial charge in [0.1, 0.15) is 12.0 Å². The maximum Gasteiger partial charge on any atom is 0.189 e. The van der Waals surface area contributed by atoms with Crippen LogP contribution in [0.4, 0.5) is 17.2 Å². The van der Waals surface area contributed by atoms with Gasteiger partial charge in [0, 0.05) is 11.3 Å². The third kappa shape index (κ3) is 3.11. The van der Waals surface area contributed by atoms with Crippen LogP contribution in [-0.2, 0) is 0 Å². The maximum absolute atomic E-state index is 10.5. The van der Waals surface area contributed by atoms with Crippen molar-refractivity contribution in [2.24, 2.45) is 0 Å². The molecule has 0 amide bonds. The second-order valence-electron chi connectivity index (χ2n) is 5.07. The summed E-state index contributed by atoms with van der Waals surface area (Å²) in [6.45, 7) is 9.05. The van der Waals surface area contributed by atoms with Crippen LogP contribution in [0.15, 0.2) is 54.9 Å². The number of nitrogens with zero attached hydrogens (tertiary/aromatic N) is 3. The lowest BCUT2D eigenvalue weighted by Crippen LogP contribution is -1.97. The Morgan fingerprint density at radius 1 is 1.09 bits per heavy atom. The van der Waals surface area contributed by atoms with Gasteiger partial charge in [0.25, 0.3) is 0 Å². The first kappa shape index (κ1) is 14.5. The van der Waals surface area contributed by atoms with Crippen molar-refractivity contribution in [1.82, 2.24) is 9.97 Å². The summed E-state index contributed by atoms with van der Waals surface area (Å²) in [6.07, 6.45) is 1.40. The summed E-state index contributed by atoms with van der Waals surface area (Å²) in [4.78, 5) is 11.6. The van der Waals surface area contributed by atoms with Gasteiger partial charge in [-0.15, -0.1) is 0 Å². The Bertz CT molecular complexity index is 882. The first-order valence-corrected chi connectivity index (χ1v) is 7.03. The van der Waals surface area contributed by atoms with Crippen LogP contribution in [0.1, 0.15) is 5.56 Å². The number of aromatic nitrogens is 2. The van der Waals surface area contributed by atoms with E-state index in [1.165, 1.54) is 6.33 Å². The predicted octanol–water partition coefficient (Wildman–Crippen LogP) is 4.45. The molecular formula is C18H14N4O. The molecule has 0 radical (unpaired) electrons. The molecule has 0 unspecified atom stereocenters. The van der Waals surface area contributed by atoms with Crippen LogP contribution in [0.2, 0.25) is 0 Å². The highest BCUT2D eigenvalue weighted by Gasteiger charge is 2.12. The number of hydrogen-bond donors (Lipinski definition) is 2. The molecule has 0 bridgehead atoms. The van der Waals surface area contributed by atoms with Gasteiger partial charge in [-0.05, 0) is 19.1 Å². The summed E-state index contributed by atoms with van der Waals surface area (Å²) in [5, 5.41) is 13.5. The molecule has 3 aromatic rings. The third-order valence-corrected chi connectivity index (χ3v) is 3.39. The maximum atomic E-state index is 10.5. The van der Waals surface area contributed by atoms with Crippen LogP contribution in [0, 0.1) is 13.5 Å². The topological polar surface area (TPSA) is 62.4 Å². The normalized spacial score (nSPS) is 10.1. The van der Waals surface area contributed by atoms with E-state index in [0.717, 1.165) is 11.1 Å². The number of nitrogens with one attached hydrogen (secondary N) is 1. The van der Waals surface area contributed by atoms with Crippen molar-refractivity contribution in [2.45, 2.75) is 6.92 Å². The molecule has 0 saturated heterocycles. The van der Waals surface area contributed by atoms with Crippen molar-refractivity contribution in [3.63, 3.8) is 0 Å². The second kappa shape index (κ2) is 6.16. The van der Waals surface area contributed by atoms with Crippen LogP contribution < -0.4 is 5.32 Å². The van der Waals surface area contributed by atoms with Crippen LogP contribution in [0.3, 0.4) is 0 Å². The molecule has 2 aromatic carbocycles. The molecule has 23 heavy (non-hydrogen) atoms. The Labute approximate surface area is 134 Å². The monoisotopic (exact) mass is 302 g/mol. The number of benzene rings is 2. The Morgan fingerprint density at radius 3 is 2.61 bits per heavy atom. The first-order valence-electron chi connectivity index (χ1n) is 7.03. The Balaban J connectivity index is 1.96. The van der Waals surface area contributed by atoms with Gasteiger partial charge in [0.2, 0.25) is 0 Å². The third-order valence-electron chi connectivity index (χ3n) is 3.39. The van der Waals surface area contributed by atoms with Crippen molar-refractivity contribution in [2.75, 3.05) is 5.32 Å². The molecule has 1 heterocycles. The zero-order chi connectivity index (χ0) is 16.2. The fourth-order valence-corrected chi connectivity index (χ4v) is 2.18. The number of aromatic hydroxyl groups is 1. The second-order valence-corrected chi connectivity index (χ2v) is 5.07. The van der Waals surface area contributed by atoms with Crippen molar-refractivity contribution < 1.29 is 5.11 Å². The van der Waals surface area contributed by atoms with Crippen LogP contribution in [0.5, 0.6) is 5.75 Å². The van der Waals surface area contributed by atoms with Gasteiger partial charge >= 0.3 is 0 Å². The lowest BCUT2D eigenvalue weighted by atomic mass is 10.1. The van der Waals surface area contributed by atoms with Gasteiger partial charge < -0.3 is 10.4 Å². The van der Waals surface area contributed by atoms with Gasteiger partial charge in [0.15, 0.2) is 17.3 Å². The number of hydrogen-bond acceptors (Lipinski definition) is 4. The lowest BCUT2D eigenvalue weighted by molar-refractivity contribution is 0.475. The molecule has 0 saturated carbocycles. The molecule has 0 spiro atoms. The summed E-state index contributed by atoms with van der Waals surface area (Å²) in [5.74, 6) is 0.280. The summed E-state index contributed by atoms with van der Waals surface area (Å²) in [7, 11) is 0. The van der Waals surface area contributed by atoms with Crippen molar-refractivity contribution in [3.8, 4) is 17.0 Å². The average Bonchev–Trinajstić information content (AvgIpc) is 2.58. The zero-order valence-electron chi connectivity index (χ0n) is 12.5. The Hall–Kier alpha value is -3.39. The standard InChI is InChI=1S/C18H14N4O/c1-12-6-8-13(9-7-12)16-17(23)18(21-11-20-16)22-15-5-3-4-14(10-15)19-2/h3-11,23H,1H3,(H,20,21,22). The summed E-state index contributed by atoms with van der Waals surface area (Å²) in [6, 6.07) is 14.7. The van der Waals surface area contributed by atoms with Gasteiger partial charge in [0.05, 0.1) is 6.57 Å². The average molecular weight is 302 g/mol. The fourth-order valence-electron chi connectivity index (χ4n) is 2.18. The van der Waals surface area contributed by atoms with Crippen LogP contribution in [-0.4, -0.2) is 15.1 Å². The largest absolute Gasteiger partial charge is 0.503 e. The molecule has 1 aromatic heterocycles. The molecule has 0 aliphatic heterocycles. The minimum atomic E-state index is -0.0235. The minimum absolute atomic E-state index is 0.0235. The molecular weight excluding hydrogens is 288 g/mol. The lowest BCUT2D eigenvalue weighted by Gasteiger charge is -2.10. The smallest absolute Gasteiger partial charge is 0.189 e. The van der Waals surface area contributed by atoms with Gasteiger partial charge in [-0.3, -0.25) is 0 Å². The molecule has 112 valence electrons. The molecule has 0 aliphatic carbocycles. The van der Waals surface area contributed by atoms with E-state index in [1.807, 2.05) is 37.3 Å². The number of anilines is 2. The van der Waals surface area contributed by atoms with E-state index >= 15 is 0 Å². The molecule has 3 rings (SSSR count). The molecule has 2 N–H and O–H groups in total. The van der Waals surface area contributed by atoms with Crippen molar-refractivity contribution in [1.29, 1.82) is 0 Å². The minimum Gasteiger partial charge on any atom is -0.503 e. The van der Waals surface area contributed by atoms with E-state index < -0.39 is 0 Å². The summed E-state index contributed by atoms with van der Waals surface area (Å²) >= 11 is 0. The highest BCUT2D eigenvalue weighted by Crippen LogP contribution is 2.33. The van der Waals surface area contributed by atoms with Crippen LogP contribution >= 0.6 is 0 Å². The summed E-state index contributed by atoms with van der Waals surface area (Å²) in [5.41, 5.74) is 3.61. The number of aryl methyl sites for hydroxylation is 1. The van der Waals surface area contributed by atoms with Gasteiger partial charge in [-0.1, -0.05) is 42.0 Å². The Morgan fingerprint density at radius 2 is 1.87 bits per heavy atom. The zero-order valence-corrected chi connectivity index (χ0v) is 12.5. The number of rotatable bonds is 3.